The maximum absolute atomic E-state index is 9.57. The van der Waals surface area contributed by atoms with Crippen LogP contribution in [-0.2, 0) is 6.54 Å². The first-order chi connectivity index (χ1) is 8.67. The van der Waals surface area contributed by atoms with E-state index in [1.165, 1.54) is 44.6 Å². The number of hydrogen-bond acceptors (Lipinski definition) is 3. The lowest BCUT2D eigenvalue weighted by atomic mass is 9.86. The minimum atomic E-state index is 0. The number of rotatable bonds is 2. The quantitative estimate of drug-likeness (QED) is 0.863. The van der Waals surface area contributed by atoms with Gasteiger partial charge in [-0.2, -0.15) is 0 Å². The molecular weight excluding hydrogens is 328 g/mol. The van der Waals surface area contributed by atoms with Crippen LogP contribution in [0.3, 0.4) is 0 Å². The molecule has 0 bridgehead atoms. The Morgan fingerprint density at radius 3 is 2.95 bits per heavy atom. The number of aromatic hydroxyl groups is 1. The van der Waals surface area contributed by atoms with Gasteiger partial charge >= 0.3 is 0 Å². The summed E-state index contributed by atoms with van der Waals surface area (Å²) in [6.07, 6.45) is 2.61. The monoisotopic (exact) mass is 346 g/mol. The van der Waals surface area contributed by atoms with Crippen molar-refractivity contribution in [2.75, 3.05) is 26.2 Å². The molecule has 5 heteroatoms. The van der Waals surface area contributed by atoms with Crippen LogP contribution in [0.4, 0.5) is 0 Å². The van der Waals surface area contributed by atoms with Crippen molar-refractivity contribution in [2.24, 2.45) is 5.41 Å². The molecule has 1 aromatic rings. The fourth-order valence-corrected chi connectivity index (χ4v) is 3.60. The third-order valence-corrected chi connectivity index (χ3v) is 5.05. The first-order valence-electron chi connectivity index (χ1n) is 6.57. The Hall–Kier alpha value is -0.290. The highest BCUT2D eigenvalue weighted by molar-refractivity contribution is 9.10. The van der Waals surface area contributed by atoms with E-state index in [1.807, 2.05) is 12.1 Å². The van der Waals surface area contributed by atoms with E-state index in [0.29, 0.717) is 11.2 Å². The molecule has 0 radical (unpaired) electrons. The highest BCUT2D eigenvalue weighted by atomic mass is 79.9. The molecule has 0 aliphatic carbocycles. The number of nitrogens with zero attached hydrogens (tertiary/aromatic N) is 1. The zero-order valence-corrected chi connectivity index (χ0v) is 13.3. The van der Waals surface area contributed by atoms with Gasteiger partial charge in [0.25, 0.3) is 0 Å². The lowest BCUT2D eigenvalue weighted by Gasteiger charge is -2.23. The van der Waals surface area contributed by atoms with Crippen LogP contribution >= 0.6 is 28.3 Å². The third-order valence-electron chi connectivity index (χ3n) is 4.27. The van der Waals surface area contributed by atoms with Gasteiger partial charge in [-0.05, 0) is 55.1 Å². The summed E-state index contributed by atoms with van der Waals surface area (Å²) in [7, 11) is 0. The Balaban J connectivity index is 0.00000133. The van der Waals surface area contributed by atoms with Gasteiger partial charge in [-0.25, -0.2) is 0 Å². The molecule has 2 heterocycles. The summed E-state index contributed by atoms with van der Waals surface area (Å²) < 4.78 is 1.09. The van der Waals surface area contributed by atoms with Crippen LogP contribution in [0.1, 0.15) is 18.4 Å². The number of phenolic OH excluding ortho intramolecular Hbond substituents is 1. The first-order valence-corrected chi connectivity index (χ1v) is 7.37. The predicted octanol–water partition coefficient (Wildman–Crippen LogP) is 2.76. The first kappa shape index (κ1) is 15.1. The Morgan fingerprint density at radius 2 is 2.21 bits per heavy atom. The van der Waals surface area contributed by atoms with Gasteiger partial charge in [-0.3, -0.25) is 4.90 Å². The van der Waals surface area contributed by atoms with Crippen molar-refractivity contribution in [1.82, 2.24) is 10.2 Å². The van der Waals surface area contributed by atoms with E-state index in [0.717, 1.165) is 11.0 Å². The third kappa shape index (κ3) is 3.24. The summed E-state index contributed by atoms with van der Waals surface area (Å²) in [5, 5.41) is 13.1. The van der Waals surface area contributed by atoms with Crippen molar-refractivity contribution >= 4 is 28.3 Å². The second-order valence-corrected chi connectivity index (χ2v) is 6.52. The van der Waals surface area contributed by atoms with Crippen LogP contribution in [0.2, 0.25) is 0 Å². The molecule has 2 fully saturated rings. The number of nitrogens with one attached hydrogen (secondary N) is 1. The van der Waals surface area contributed by atoms with E-state index < -0.39 is 0 Å². The average Bonchev–Trinajstić information content (AvgIpc) is 2.95. The topological polar surface area (TPSA) is 35.5 Å². The summed E-state index contributed by atoms with van der Waals surface area (Å²) in [6, 6.07) is 5.51. The van der Waals surface area contributed by atoms with E-state index >= 15 is 0 Å². The van der Waals surface area contributed by atoms with Crippen molar-refractivity contribution in [3.63, 3.8) is 0 Å². The van der Waals surface area contributed by atoms with Crippen LogP contribution in [0, 0.1) is 5.41 Å². The minimum absolute atomic E-state index is 0. The molecule has 0 aromatic heterocycles. The molecule has 1 atom stereocenters. The van der Waals surface area contributed by atoms with Crippen LogP contribution in [0.25, 0.3) is 0 Å². The van der Waals surface area contributed by atoms with Crippen LogP contribution < -0.4 is 5.32 Å². The second kappa shape index (κ2) is 6.00. The molecule has 2 saturated heterocycles. The molecule has 2 aliphatic heterocycles. The van der Waals surface area contributed by atoms with Crippen molar-refractivity contribution in [2.45, 2.75) is 19.4 Å². The molecule has 19 heavy (non-hydrogen) atoms. The van der Waals surface area contributed by atoms with Crippen LogP contribution in [0.5, 0.6) is 5.75 Å². The second-order valence-electron chi connectivity index (χ2n) is 5.66. The molecule has 0 amide bonds. The van der Waals surface area contributed by atoms with E-state index in [4.69, 9.17) is 0 Å². The molecule has 1 unspecified atom stereocenters. The highest BCUT2D eigenvalue weighted by Crippen LogP contribution is 2.37. The van der Waals surface area contributed by atoms with Crippen LogP contribution in [0.15, 0.2) is 22.7 Å². The molecule has 2 aliphatic rings. The van der Waals surface area contributed by atoms with E-state index in [-0.39, 0.29) is 12.4 Å². The normalized spacial score (nSPS) is 26.8. The number of hydrogen-bond donors (Lipinski definition) is 2. The Bertz CT molecular complexity index is 449. The Labute approximate surface area is 128 Å². The number of likely N-dealkylation sites (tertiary alicyclic amines) is 1. The lowest BCUT2D eigenvalue weighted by Crippen LogP contribution is -2.29. The predicted molar refractivity (Wildman–Crippen MR) is 82.9 cm³/mol. The Kier molecular flexibility index (Phi) is 4.77. The van der Waals surface area contributed by atoms with Crippen molar-refractivity contribution in [1.29, 1.82) is 0 Å². The standard InChI is InChI=1S/C14H19BrN2O.ClH/c15-13-2-1-12(18)7-11(13)8-17-6-4-14(10-17)3-5-16-9-14;/h1-2,7,16,18H,3-6,8-10H2;1H. The van der Waals surface area contributed by atoms with E-state index in [1.54, 1.807) is 6.07 Å². The zero-order chi connectivity index (χ0) is 12.6. The van der Waals surface area contributed by atoms with Crippen molar-refractivity contribution < 1.29 is 5.11 Å². The molecule has 1 aromatic carbocycles. The summed E-state index contributed by atoms with van der Waals surface area (Å²) in [6.45, 7) is 5.62. The lowest BCUT2D eigenvalue weighted by molar-refractivity contribution is 0.268. The average molecular weight is 348 g/mol. The van der Waals surface area contributed by atoms with Gasteiger partial charge in [-0.15, -0.1) is 12.4 Å². The summed E-state index contributed by atoms with van der Waals surface area (Å²) in [5.41, 5.74) is 1.70. The van der Waals surface area contributed by atoms with Gasteiger partial charge in [0.05, 0.1) is 0 Å². The molecule has 0 saturated carbocycles. The number of halogens is 2. The molecule has 1 spiro atoms. The summed E-state index contributed by atoms with van der Waals surface area (Å²) >= 11 is 3.56. The number of benzene rings is 1. The fraction of sp³-hybridized carbons (Fsp3) is 0.571. The van der Waals surface area contributed by atoms with E-state index in [9.17, 15) is 5.11 Å². The van der Waals surface area contributed by atoms with Gasteiger partial charge in [0, 0.05) is 24.1 Å². The van der Waals surface area contributed by atoms with Gasteiger partial charge in [0.2, 0.25) is 0 Å². The van der Waals surface area contributed by atoms with Crippen LogP contribution in [-0.4, -0.2) is 36.2 Å². The summed E-state index contributed by atoms with van der Waals surface area (Å²) in [4.78, 5) is 2.51. The molecule has 3 rings (SSSR count). The highest BCUT2D eigenvalue weighted by Gasteiger charge is 2.40. The van der Waals surface area contributed by atoms with Crippen molar-refractivity contribution in [3.05, 3.63) is 28.2 Å². The van der Waals surface area contributed by atoms with Gasteiger partial charge in [0.1, 0.15) is 5.75 Å². The minimum Gasteiger partial charge on any atom is -0.508 e. The zero-order valence-electron chi connectivity index (χ0n) is 10.9. The van der Waals surface area contributed by atoms with Gasteiger partial charge < -0.3 is 10.4 Å². The van der Waals surface area contributed by atoms with Gasteiger partial charge in [0.15, 0.2) is 0 Å². The van der Waals surface area contributed by atoms with E-state index in [2.05, 4.69) is 26.1 Å². The molecule has 106 valence electrons. The summed E-state index contributed by atoms with van der Waals surface area (Å²) in [5.74, 6) is 0.352. The number of phenols is 1. The fourth-order valence-electron chi connectivity index (χ4n) is 3.23. The Morgan fingerprint density at radius 1 is 1.37 bits per heavy atom. The molecular formula is C14H20BrClN2O. The molecule has 2 N–H and O–H groups in total. The maximum Gasteiger partial charge on any atom is 0.115 e. The maximum atomic E-state index is 9.57. The SMILES string of the molecule is Cl.Oc1ccc(Br)c(CN2CCC3(CCNC3)C2)c1. The van der Waals surface area contributed by atoms with Crippen molar-refractivity contribution in [3.8, 4) is 5.75 Å². The smallest absolute Gasteiger partial charge is 0.115 e. The van der Waals surface area contributed by atoms with Gasteiger partial charge in [-0.1, -0.05) is 15.9 Å². The molecule has 3 nitrogen and oxygen atoms in total. The largest absolute Gasteiger partial charge is 0.508 e.